The molecule has 2 aliphatic rings. The Morgan fingerprint density at radius 2 is 1.82 bits per heavy atom. The van der Waals surface area contributed by atoms with Crippen LogP contribution in [-0.4, -0.2) is 37.8 Å². The fourth-order valence-electron chi connectivity index (χ4n) is 5.40. The van der Waals surface area contributed by atoms with Crippen molar-refractivity contribution in [1.29, 1.82) is 0 Å². The first-order chi connectivity index (χ1) is 16.7. The normalized spacial score (nSPS) is 18.0. The summed E-state index contributed by atoms with van der Waals surface area (Å²) in [6, 6.07) is 19.6. The molecule has 0 aromatic heterocycles. The zero-order valence-corrected chi connectivity index (χ0v) is 20.6. The number of ether oxygens (including phenoxy) is 3. The summed E-state index contributed by atoms with van der Waals surface area (Å²) < 4.78 is 18.0. The van der Waals surface area contributed by atoms with E-state index >= 15 is 0 Å². The number of morpholine rings is 1. The third-order valence-electron chi connectivity index (χ3n) is 7.44. The Labute approximate surface area is 203 Å². The molecule has 5 rings (SSSR count). The van der Waals surface area contributed by atoms with Crippen LogP contribution in [0.3, 0.4) is 0 Å². The first kappa shape index (κ1) is 22.9. The topological polar surface area (TPSA) is 30.9 Å². The molecule has 0 N–H and O–H groups in total. The van der Waals surface area contributed by atoms with Crippen molar-refractivity contribution < 1.29 is 14.2 Å². The summed E-state index contributed by atoms with van der Waals surface area (Å²) in [5.74, 6) is 1.93. The van der Waals surface area contributed by atoms with E-state index in [1.54, 1.807) is 7.11 Å². The van der Waals surface area contributed by atoms with Gasteiger partial charge in [-0.05, 0) is 66.5 Å². The van der Waals surface area contributed by atoms with Gasteiger partial charge in [0.15, 0.2) is 0 Å². The minimum absolute atomic E-state index is 0.423. The van der Waals surface area contributed by atoms with Crippen molar-refractivity contribution in [1.82, 2.24) is 4.90 Å². The molecule has 1 saturated heterocycles. The Morgan fingerprint density at radius 3 is 2.62 bits per heavy atom. The molecule has 0 bridgehead atoms. The number of hydrogen-bond donors (Lipinski definition) is 0. The van der Waals surface area contributed by atoms with Crippen molar-refractivity contribution in [2.45, 2.75) is 52.3 Å². The second-order valence-electron chi connectivity index (χ2n) is 9.50. The molecule has 4 nitrogen and oxygen atoms in total. The SMILES string of the molecule is COc1cc(OCc2cccc(-c3ccccc3)c2C)c2c(c1CN1CCOC[C@H]1C)CCC2. The van der Waals surface area contributed by atoms with E-state index in [0.717, 1.165) is 50.6 Å². The van der Waals surface area contributed by atoms with Crippen molar-refractivity contribution in [3.05, 3.63) is 82.4 Å². The second kappa shape index (κ2) is 10.2. The predicted octanol–water partition coefficient (Wildman–Crippen LogP) is 5.96. The molecule has 1 atom stereocenters. The molecule has 34 heavy (non-hydrogen) atoms. The zero-order valence-electron chi connectivity index (χ0n) is 20.6. The van der Waals surface area contributed by atoms with Crippen molar-refractivity contribution in [2.24, 2.45) is 0 Å². The predicted molar refractivity (Wildman–Crippen MR) is 137 cm³/mol. The molecule has 1 aliphatic heterocycles. The van der Waals surface area contributed by atoms with Crippen LogP contribution in [0.25, 0.3) is 11.1 Å². The lowest BCUT2D eigenvalue weighted by Crippen LogP contribution is -2.43. The molecule has 1 aliphatic carbocycles. The standard InChI is InChI=1S/C30H35NO3/c1-21-19-33-16-15-31(21)18-28-26-13-8-14-27(26)30(17-29(28)32-3)34-20-24-11-7-12-25(22(24)2)23-9-5-4-6-10-23/h4-7,9-12,17,21H,8,13-16,18-20H2,1-3H3/t21-/m1/s1. The molecular formula is C30H35NO3. The fourth-order valence-corrected chi connectivity index (χ4v) is 5.40. The van der Waals surface area contributed by atoms with Gasteiger partial charge >= 0.3 is 0 Å². The average molecular weight is 458 g/mol. The first-order valence-corrected chi connectivity index (χ1v) is 12.5. The lowest BCUT2D eigenvalue weighted by molar-refractivity contribution is -0.00475. The van der Waals surface area contributed by atoms with Gasteiger partial charge in [-0.3, -0.25) is 4.90 Å². The van der Waals surface area contributed by atoms with Gasteiger partial charge in [-0.1, -0.05) is 48.5 Å². The van der Waals surface area contributed by atoms with E-state index in [-0.39, 0.29) is 0 Å². The van der Waals surface area contributed by atoms with Crippen molar-refractivity contribution in [3.63, 3.8) is 0 Å². The fraction of sp³-hybridized carbons (Fsp3) is 0.400. The quantitative estimate of drug-likeness (QED) is 0.438. The van der Waals surface area contributed by atoms with Crippen LogP contribution in [0.4, 0.5) is 0 Å². The van der Waals surface area contributed by atoms with E-state index < -0.39 is 0 Å². The van der Waals surface area contributed by atoms with E-state index in [2.05, 4.69) is 73.3 Å². The molecule has 3 aromatic rings. The van der Waals surface area contributed by atoms with Gasteiger partial charge in [-0.25, -0.2) is 0 Å². The second-order valence-corrected chi connectivity index (χ2v) is 9.50. The van der Waals surface area contributed by atoms with Gasteiger partial charge in [-0.2, -0.15) is 0 Å². The van der Waals surface area contributed by atoms with Crippen LogP contribution < -0.4 is 9.47 Å². The summed E-state index contributed by atoms with van der Waals surface area (Å²) >= 11 is 0. The molecule has 3 aromatic carbocycles. The van der Waals surface area contributed by atoms with E-state index in [9.17, 15) is 0 Å². The van der Waals surface area contributed by atoms with Gasteiger partial charge < -0.3 is 14.2 Å². The van der Waals surface area contributed by atoms with Crippen molar-refractivity contribution >= 4 is 0 Å². The van der Waals surface area contributed by atoms with Gasteiger partial charge in [0.25, 0.3) is 0 Å². The lowest BCUT2D eigenvalue weighted by atomic mass is 9.97. The molecule has 0 saturated carbocycles. The maximum atomic E-state index is 6.50. The largest absolute Gasteiger partial charge is 0.496 e. The number of methoxy groups -OCH3 is 1. The maximum absolute atomic E-state index is 6.50. The van der Waals surface area contributed by atoms with Gasteiger partial charge in [-0.15, -0.1) is 0 Å². The monoisotopic (exact) mass is 457 g/mol. The molecule has 0 amide bonds. The summed E-state index contributed by atoms with van der Waals surface area (Å²) in [6.45, 7) is 8.48. The van der Waals surface area contributed by atoms with Gasteiger partial charge in [0.1, 0.15) is 18.1 Å². The molecule has 1 heterocycles. The molecule has 178 valence electrons. The smallest absolute Gasteiger partial charge is 0.127 e. The van der Waals surface area contributed by atoms with Crippen LogP contribution in [-0.2, 0) is 30.7 Å². The van der Waals surface area contributed by atoms with E-state index in [1.807, 2.05) is 0 Å². The number of fused-ring (bicyclic) bond motifs is 1. The van der Waals surface area contributed by atoms with E-state index in [1.165, 1.54) is 45.4 Å². The summed E-state index contributed by atoms with van der Waals surface area (Å²) in [4.78, 5) is 2.51. The van der Waals surface area contributed by atoms with Crippen molar-refractivity contribution in [2.75, 3.05) is 26.9 Å². The summed E-state index contributed by atoms with van der Waals surface area (Å²) in [5.41, 5.74) is 9.13. The van der Waals surface area contributed by atoms with Crippen LogP contribution in [0.5, 0.6) is 11.5 Å². The Bertz CT molecular complexity index is 1140. The highest BCUT2D eigenvalue weighted by atomic mass is 16.5. The maximum Gasteiger partial charge on any atom is 0.127 e. The average Bonchev–Trinajstić information content (AvgIpc) is 3.36. The highest BCUT2D eigenvalue weighted by Gasteiger charge is 2.27. The minimum atomic E-state index is 0.423. The van der Waals surface area contributed by atoms with Crippen molar-refractivity contribution in [3.8, 4) is 22.6 Å². The molecule has 0 spiro atoms. The lowest BCUT2D eigenvalue weighted by Gasteiger charge is -2.34. The number of nitrogens with zero attached hydrogens (tertiary/aromatic N) is 1. The molecular weight excluding hydrogens is 422 g/mol. The highest BCUT2D eigenvalue weighted by molar-refractivity contribution is 5.68. The number of benzene rings is 3. The third kappa shape index (κ3) is 4.57. The summed E-state index contributed by atoms with van der Waals surface area (Å²) in [5, 5.41) is 0. The van der Waals surface area contributed by atoms with Crippen LogP contribution in [0, 0.1) is 6.92 Å². The summed E-state index contributed by atoms with van der Waals surface area (Å²) in [6.07, 6.45) is 3.34. The van der Waals surface area contributed by atoms with Crippen LogP contribution in [0.1, 0.15) is 41.2 Å². The molecule has 0 radical (unpaired) electrons. The number of hydrogen-bond acceptors (Lipinski definition) is 4. The third-order valence-corrected chi connectivity index (χ3v) is 7.44. The van der Waals surface area contributed by atoms with Crippen LogP contribution in [0.2, 0.25) is 0 Å². The molecule has 0 unspecified atom stereocenters. The van der Waals surface area contributed by atoms with Crippen LogP contribution >= 0.6 is 0 Å². The summed E-state index contributed by atoms with van der Waals surface area (Å²) in [7, 11) is 1.78. The first-order valence-electron chi connectivity index (χ1n) is 12.5. The minimum Gasteiger partial charge on any atom is -0.496 e. The van der Waals surface area contributed by atoms with Gasteiger partial charge in [0.2, 0.25) is 0 Å². The zero-order chi connectivity index (χ0) is 23.5. The Balaban J connectivity index is 1.41. The highest BCUT2D eigenvalue weighted by Crippen LogP contribution is 2.40. The molecule has 1 fully saturated rings. The van der Waals surface area contributed by atoms with E-state index in [0.29, 0.717) is 12.6 Å². The Kier molecular flexibility index (Phi) is 6.89. The Morgan fingerprint density at radius 1 is 1.00 bits per heavy atom. The van der Waals surface area contributed by atoms with Crippen LogP contribution in [0.15, 0.2) is 54.6 Å². The van der Waals surface area contributed by atoms with Gasteiger partial charge in [0, 0.05) is 30.8 Å². The number of rotatable bonds is 7. The van der Waals surface area contributed by atoms with E-state index in [4.69, 9.17) is 14.2 Å². The molecule has 4 heteroatoms. The Hall–Kier alpha value is -2.82. The van der Waals surface area contributed by atoms with Gasteiger partial charge in [0.05, 0.1) is 20.3 Å².